The molecule has 0 unspecified atom stereocenters. The Hall–Kier alpha value is -1.58. The molecule has 0 aromatic rings. The molecule has 0 bridgehead atoms. The van der Waals surface area contributed by atoms with Crippen molar-refractivity contribution in [1.82, 2.24) is 0 Å². The lowest BCUT2D eigenvalue weighted by Crippen LogP contribution is -1.99. The lowest BCUT2D eigenvalue weighted by atomic mass is 10.1. The van der Waals surface area contributed by atoms with E-state index < -0.39 is 5.97 Å². The molecule has 0 radical (unpaired) electrons. The summed E-state index contributed by atoms with van der Waals surface area (Å²) in [7, 11) is 1.36. The van der Waals surface area contributed by atoms with Crippen LogP contribution < -0.4 is 0 Å². The van der Waals surface area contributed by atoms with Gasteiger partial charge in [0.1, 0.15) is 0 Å². The van der Waals surface area contributed by atoms with Crippen molar-refractivity contribution in [1.29, 1.82) is 0 Å². The van der Waals surface area contributed by atoms with E-state index in [1.807, 2.05) is 12.2 Å². The summed E-state index contributed by atoms with van der Waals surface area (Å²) in [5, 5.41) is 8.90. The largest absolute Gasteiger partial charge is 0.478 e. The van der Waals surface area contributed by atoms with E-state index in [2.05, 4.69) is 4.74 Å². The van der Waals surface area contributed by atoms with Crippen LogP contribution in [0.15, 0.2) is 23.3 Å². The lowest BCUT2D eigenvalue weighted by molar-refractivity contribution is -0.140. The molecule has 16 heavy (non-hydrogen) atoms. The van der Waals surface area contributed by atoms with Crippen LogP contribution in [0.4, 0.5) is 0 Å². The summed E-state index contributed by atoms with van der Waals surface area (Å²) >= 11 is 0. The first-order valence-electron chi connectivity index (χ1n) is 5.34. The van der Waals surface area contributed by atoms with Crippen molar-refractivity contribution in [2.75, 3.05) is 7.11 Å². The molecule has 0 saturated heterocycles. The monoisotopic (exact) mass is 224 g/mol. The number of carbonyl (C=O) groups is 2. The summed E-state index contributed by atoms with van der Waals surface area (Å²) in [5.41, 5.74) is 1.40. The third-order valence-electron chi connectivity index (χ3n) is 2.58. The molecule has 0 saturated carbocycles. The summed E-state index contributed by atoms with van der Waals surface area (Å²) in [6, 6.07) is 0. The van der Waals surface area contributed by atoms with E-state index in [1.165, 1.54) is 7.11 Å². The molecule has 0 aliphatic heterocycles. The Bertz CT molecular complexity index is 339. The average Bonchev–Trinajstić information content (AvgIpc) is 2.72. The van der Waals surface area contributed by atoms with Crippen molar-refractivity contribution in [3.63, 3.8) is 0 Å². The number of allylic oxidation sites excluding steroid dienone is 3. The fourth-order valence-corrected chi connectivity index (χ4v) is 1.72. The van der Waals surface area contributed by atoms with Gasteiger partial charge in [-0.05, 0) is 31.3 Å². The number of esters is 1. The highest BCUT2D eigenvalue weighted by Gasteiger charge is 2.17. The van der Waals surface area contributed by atoms with Crippen LogP contribution >= 0.6 is 0 Å². The minimum atomic E-state index is -0.829. The second-order valence-corrected chi connectivity index (χ2v) is 3.68. The van der Waals surface area contributed by atoms with Gasteiger partial charge in [-0.2, -0.15) is 0 Å². The Morgan fingerprint density at radius 3 is 2.81 bits per heavy atom. The zero-order chi connectivity index (χ0) is 12.0. The molecule has 88 valence electrons. The van der Waals surface area contributed by atoms with Crippen LogP contribution in [0.25, 0.3) is 0 Å². The standard InChI is InChI=1S/C12H16O4/c1-16-11(13)8-3-2-5-9-6-4-7-10(9)12(14)15/h2,5H,3-4,6-8H2,1H3,(H,14,15)/b5-2+. The van der Waals surface area contributed by atoms with Crippen LogP contribution in [0.2, 0.25) is 0 Å². The minimum absolute atomic E-state index is 0.247. The number of hydrogen-bond donors (Lipinski definition) is 1. The Balaban J connectivity index is 2.47. The summed E-state index contributed by atoms with van der Waals surface area (Å²) < 4.78 is 4.50. The molecular formula is C12H16O4. The summed E-state index contributed by atoms with van der Waals surface area (Å²) in [4.78, 5) is 21.7. The molecular weight excluding hydrogens is 208 g/mol. The van der Waals surface area contributed by atoms with E-state index in [1.54, 1.807) is 0 Å². The molecule has 0 aromatic carbocycles. The SMILES string of the molecule is COC(=O)CC/C=C/C1=C(C(=O)O)CCC1. The van der Waals surface area contributed by atoms with Gasteiger partial charge in [0.25, 0.3) is 0 Å². The maximum Gasteiger partial charge on any atom is 0.331 e. The highest BCUT2D eigenvalue weighted by molar-refractivity contribution is 5.88. The summed E-state index contributed by atoms with van der Waals surface area (Å²) in [6.07, 6.45) is 6.94. The van der Waals surface area contributed by atoms with Gasteiger partial charge in [-0.15, -0.1) is 0 Å². The minimum Gasteiger partial charge on any atom is -0.478 e. The van der Waals surface area contributed by atoms with Gasteiger partial charge in [0.2, 0.25) is 0 Å². The third kappa shape index (κ3) is 3.53. The van der Waals surface area contributed by atoms with Gasteiger partial charge in [0, 0.05) is 12.0 Å². The number of carboxylic acids is 1. The second kappa shape index (κ2) is 6.10. The average molecular weight is 224 g/mol. The molecule has 1 aliphatic rings. The Morgan fingerprint density at radius 1 is 1.44 bits per heavy atom. The Morgan fingerprint density at radius 2 is 2.19 bits per heavy atom. The van der Waals surface area contributed by atoms with Gasteiger partial charge in [0.05, 0.1) is 7.11 Å². The van der Waals surface area contributed by atoms with Crippen molar-refractivity contribution < 1.29 is 19.4 Å². The van der Waals surface area contributed by atoms with Crippen LogP contribution in [-0.2, 0) is 14.3 Å². The number of methoxy groups -OCH3 is 1. The molecule has 4 heteroatoms. The van der Waals surface area contributed by atoms with Gasteiger partial charge in [-0.3, -0.25) is 4.79 Å². The first kappa shape index (κ1) is 12.5. The maximum absolute atomic E-state index is 10.8. The molecule has 1 N–H and O–H groups in total. The fraction of sp³-hybridized carbons (Fsp3) is 0.500. The van der Waals surface area contributed by atoms with Gasteiger partial charge in [-0.25, -0.2) is 4.79 Å². The zero-order valence-electron chi connectivity index (χ0n) is 9.36. The van der Waals surface area contributed by atoms with E-state index in [0.29, 0.717) is 24.8 Å². The molecule has 0 aromatic heterocycles. The number of carboxylic acid groups (broad SMARTS) is 1. The highest BCUT2D eigenvalue weighted by atomic mass is 16.5. The summed E-state index contributed by atoms with van der Waals surface area (Å²) in [5.74, 6) is -1.08. The van der Waals surface area contributed by atoms with Gasteiger partial charge in [0.15, 0.2) is 0 Å². The number of rotatable bonds is 5. The molecule has 4 nitrogen and oxygen atoms in total. The topological polar surface area (TPSA) is 63.6 Å². The van der Waals surface area contributed by atoms with Crippen molar-refractivity contribution in [2.45, 2.75) is 32.1 Å². The third-order valence-corrected chi connectivity index (χ3v) is 2.58. The first-order chi connectivity index (χ1) is 7.65. The zero-order valence-corrected chi connectivity index (χ0v) is 9.36. The van der Waals surface area contributed by atoms with E-state index in [9.17, 15) is 9.59 Å². The molecule has 0 heterocycles. The normalized spacial score (nSPS) is 15.8. The van der Waals surface area contributed by atoms with Crippen LogP contribution in [0, 0.1) is 0 Å². The van der Waals surface area contributed by atoms with Gasteiger partial charge >= 0.3 is 11.9 Å². The van der Waals surface area contributed by atoms with Crippen molar-refractivity contribution in [3.05, 3.63) is 23.3 Å². The predicted molar refractivity (Wildman–Crippen MR) is 58.9 cm³/mol. The van der Waals surface area contributed by atoms with Crippen molar-refractivity contribution in [3.8, 4) is 0 Å². The van der Waals surface area contributed by atoms with E-state index in [0.717, 1.165) is 18.4 Å². The van der Waals surface area contributed by atoms with Gasteiger partial charge < -0.3 is 9.84 Å². The van der Waals surface area contributed by atoms with E-state index >= 15 is 0 Å². The van der Waals surface area contributed by atoms with Gasteiger partial charge in [-0.1, -0.05) is 12.2 Å². The number of hydrogen-bond acceptors (Lipinski definition) is 3. The second-order valence-electron chi connectivity index (χ2n) is 3.68. The first-order valence-corrected chi connectivity index (χ1v) is 5.34. The molecule has 1 aliphatic carbocycles. The molecule has 0 spiro atoms. The van der Waals surface area contributed by atoms with E-state index in [4.69, 9.17) is 5.11 Å². The fourth-order valence-electron chi connectivity index (χ4n) is 1.72. The quantitative estimate of drug-likeness (QED) is 0.726. The lowest BCUT2D eigenvalue weighted by Gasteiger charge is -1.97. The van der Waals surface area contributed by atoms with Crippen LogP contribution in [0.1, 0.15) is 32.1 Å². The smallest absolute Gasteiger partial charge is 0.331 e. The maximum atomic E-state index is 10.8. The highest BCUT2D eigenvalue weighted by Crippen LogP contribution is 2.27. The Kier molecular flexibility index (Phi) is 4.76. The van der Waals surface area contributed by atoms with Crippen LogP contribution in [0.5, 0.6) is 0 Å². The predicted octanol–water partition coefficient (Wildman–Crippen LogP) is 2.06. The van der Waals surface area contributed by atoms with Crippen LogP contribution in [0.3, 0.4) is 0 Å². The molecule has 0 fully saturated rings. The van der Waals surface area contributed by atoms with Crippen molar-refractivity contribution in [2.24, 2.45) is 0 Å². The Labute approximate surface area is 94.6 Å². The summed E-state index contributed by atoms with van der Waals surface area (Å²) in [6.45, 7) is 0. The number of carbonyl (C=O) groups excluding carboxylic acids is 1. The number of ether oxygens (including phenoxy) is 1. The van der Waals surface area contributed by atoms with Crippen molar-refractivity contribution >= 4 is 11.9 Å². The number of aliphatic carboxylic acids is 1. The molecule has 0 amide bonds. The van der Waals surface area contributed by atoms with Crippen LogP contribution in [-0.4, -0.2) is 24.2 Å². The van der Waals surface area contributed by atoms with E-state index in [-0.39, 0.29) is 5.97 Å². The molecule has 0 atom stereocenters. The molecule has 1 rings (SSSR count).